The van der Waals surface area contributed by atoms with E-state index in [0.29, 0.717) is 64.1 Å². The van der Waals surface area contributed by atoms with Gasteiger partial charge in [0.15, 0.2) is 18.4 Å². The van der Waals surface area contributed by atoms with Crippen molar-refractivity contribution in [1.29, 1.82) is 0 Å². The molecule has 1 N–H and O–H groups in total. The second kappa shape index (κ2) is 10.4. The van der Waals surface area contributed by atoms with Crippen molar-refractivity contribution in [1.82, 2.24) is 35.0 Å². The summed E-state index contributed by atoms with van der Waals surface area (Å²) in [5.41, 5.74) is 1.12. The van der Waals surface area contributed by atoms with Gasteiger partial charge in [0.25, 0.3) is 0 Å². The molecule has 0 fully saturated rings. The van der Waals surface area contributed by atoms with E-state index < -0.39 is 5.82 Å². The number of hydrogen-bond acceptors (Lipinski definition) is 8. The van der Waals surface area contributed by atoms with E-state index in [2.05, 4.69) is 30.5 Å². The minimum absolute atomic E-state index is 0.00914. The zero-order chi connectivity index (χ0) is 27.1. The summed E-state index contributed by atoms with van der Waals surface area (Å²) < 4.78 is 43.9. The number of aromatic nitrogens is 6. The van der Waals surface area contributed by atoms with Crippen LogP contribution in [0.5, 0.6) is 5.75 Å². The van der Waals surface area contributed by atoms with Crippen molar-refractivity contribution in [2.75, 3.05) is 20.4 Å². The molecule has 12 heteroatoms. The van der Waals surface area contributed by atoms with E-state index in [0.717, 1.165) is 18.8 Å². The Morgan fingerprint density at radius 2 is 2.00 bits per heavy atom. The first-order valence-electron chi connectivity index (χ1n) is 12.5. The highest BCUT2D eigenvalue weighted by Gasteiger charge is 2.24. The molecule has 0 radical (unpaired) electrons. The van der Waals surface area contributed by atoms with Crippen LogP contribution in [-0.2, 0) is 24.2 Å². The molecular formula is C27H24ClF2N7O2. The van der Waals surface area contributed by atoms with Crippen LogP contribution in [0, 0.1) is 11.6 Å². The lowest BCUT2D eigenvalue weighted by molar-refractivity contribution is 0.0512. The van der Waals surface area contributed by atoms with Crippen molar-refractivity contribution < 1.29 is 18.3 Å². The van der Waals surface area contributed by atoms with E-state index in [4.69, 9.17) is 21.1 Å². The molecule has 1 aliphatic heterocycles. The van der Waals surface area contributed by atoms with E-state index in [1.165, 1.54) is 19.4 Å². The maximum absolute atomic E-state index is 16.4. The molecule has 5 aromatic rings. The van der Waals surface area contributed by atoms with Crippen LogP contribution in [-0.4, -0.2) is 50.2 Å². The van der Waals surface area contributed by atoms with E-state index in [9.17, 15) is 4.39 Å². The third kappa shape index (κ3) is 4.46. The molecule has 0 bridgehead atoms. The summed E-state index contributed by atoms with van der Waals surface area (Å²) in [4.78, 5) is 13.1. The maximum atomic E-state index is 16.4. The van der Waals surface area contributed by atoms with Crippen LogP contribution in [0.4, 0.5) is 8.78 Å². The summed E-state index contributed by atoms with van der Waals surface area (Å²) in [6.07, 6.45) is 2.76. The first-order valence-corrected chi connectivity index (χ1v) is 12.9. The van der Waals surface area contributed by atoms with Gasteiger partial charge in [0, 0.05) is 25.4 Å². The smallest absolute Gasteiger partial charge is 0.223 e. The molecular weight excluding hydrogens is 528 g/mol. The number of pyridine rings is 1. The average molecular weight is 552 g/mol. The highest BCUT2D eigenvalue weighted by atomic mass is 35.5. The Balaban J connectivity index is 1.60. The number of aryl methyl sites for hydroxylation is 1. The van der Waals surface area contributed by atoms with Gasteiger partial charge >= 0.3 is 0 Å². The lowest BCUT2D eigenvalue weighted by atomic mass is 9.94. The van der Waals surface area contributed by atoms with E-state index in [-0.39, 0.29) is 29.1 Å². The standard InChI is InChI=1S/C27H24ClF2N7O2/c1-3-16-19(29)6-5-14-9-15(39-13-38-2)10-17(21(14)16)23-22(30)24-18(11-32-23)25(34-27(28)33-24)26-36-35-20-12-31-7-4-8-37(20)26/h5-6,9-11,31H,3-4,7-8,12-13H2,1-2H3. The Bertz CT molecular complexity index is 1730. The Kier molecular flexibility index (Phi) is 6.79. The molecule has 0 atom stereocenters. The number of hydrogen-bond donors (Lipinski definition) is 1. The molecule has 200 valence electrons. The molecule has 0 amide bonds. The Labute approximate surface area is 227 Å². The van der Waals surface area contributed by atoms with Crippen LogP contribution < -0.4 is 10.1 Å². The van der Waals surface area contributed by atoms with Gasteiger partial charge in [-0.3, -0.25) is 4.98 Å². The largest absolute Gasteiger partial charge is 0.468 e. The number of benzene rings is 2. The normalized spacial score (nSPS) is 13.6. The monoisotopic (exact) mass is 551 g/mol. The van der Waals surface area contributed by atoms with E-state index in [1.54, 1.807) is 18.2 Å². The summed E-state index contributed by atoms with van der Waals surface area (Å²) in [5.74, 6) is 0.548. The fraction of sp³-hybridized carbons (Fsp3) is 0.296. The number of ether oxygens (including phenoxy) is 2. The molecule has 9 nitrogen and oxygen atoms in total. The molecule has 6 rings (SSSR count). The predicted molar refractivity (Wildman–Crippen MR) is 142 cm³/mol. The number of nitrogens with one attached hydrogen (secondary N) is 1. The van der Waals surface area contributed by atoms with Crippen LogP contribution in [0.1, 0.15) is 24.7 Å². The molecule has 4 heterocycles. The van der Waals surface area contributed by atoms with Crippen LogP contribution in [0.25, 0.3) is 44.5 Å². The summed E-state index contributed by atoms with van der Waals surface area (Å²) in [5, 5.41) is 13.3. The summed E-state index contributed by atoms with van der Waals surface area (Å²) >= 11 is 6.31. The van der Waals surface area contributed by atoms with Crippen molar-refractivity contribution in [2.24, 2.45) is 0 Å². The second-order valence-electron chi connectivity index (χ2n) is 9.15. The quantitative estimate of drug-likeness (QED) is 0.230. The molecule has 0 spiro atoms. The van der Waals surface area contributed by atoms with Gasteiger partial charge in [-0.2, -0.15) is 0 Å². The third-order valence-corrected chi connectivity index (χ3v) is 6.98. The van der Waals surface area contributed by atoms with Crippen LogP contribution in [0.15, 0.2) is 30.5 Å². The van der Waals surface area contributed by atoms with Crippen molar-refractivity contribution >= 4 is 33.3 Å². The molecule has 3 aromatic heterocycles. The lowest BCUT2D eigenvalue weighted by Crippen LogP contribution is -2.12. The van der Waals surface area contributed by atoms with Gasteiger partial charge in [-0.25, -0.2) is 18.7 Å². The Morgan fingerprint density at radius 1 is 1.13 bits per heavy atom. The minimum atomic E-state index is -0.716. The minimum Gasteiger partial charge on any atom is -0.468 e. The lowest BCUT2D eigenvalue weighted by Gasteiger charge is -2.16. The third-order valence-electron chi connectivity index (χ3n) is 6.81. The van der Waals surface area contributed by atoms with Crippen molar-refractivity contribution in [3.8, 4) is 28.5 Å². The van der Waals surface area contributed by atoms with Crippen LogP contribution in [0.2, 0.25) is 5.28 Å². The highest BCUT2D eigenvalue weighted by molar-refractivity contribution is 6.28. The molecule has 2 aromatic carbocycles. The van der Waals surface area contributed by atoms with Gasteiger partial charge in [0.1, 0.15) is 34.3 Å². The van der Waals surface area contributed by atoms with E-state index >= 15 is 4.39 Å². The van der Waals surface area contributed by atoms with Gasteiger partial charge in [-0.05, 0) is 65.5 Å². The van der Waals surface area contributed by atoms with Crippen molar-refractivity contribution in [2.45, 2.75) is 32.9 Å². The fourth-order valence-electron chi connectivity index (χ4n) is 5.06. The van der Waals surface area contributed by atoms with Gasteiger partial charge in [0.2, 0.25) is 5.28 Å². The topological polar surface area (TPSA) is 99.9 Å². The predicted octanol–water partition coefficient (Wildman–Crippen LogP) is 5.07. The van der Waals surface area contributed by atoms with Crippen molar-refractivity contribution in [3.05, 3.63) is 58.8 Å². The van der Waals surface area contributed by atoms with E-state index in [1.807, 2.05) is 11.5 Å². The summed E-state index contributed by atoms with van der Waals surface area (Å²) in [6, 6.07) is 6.42. The highest BCUT2D eigenvalue weighted by Crippen LogP contribution is 2.39. The number of rotatable bonds is 6. The average Bonchev–Trinajstić information content (AvgIpc) is 3.19. The number of fused-ring (bicyclic) bond motifs is 3. The Hall–Kier alpha value is -3.80. The van der Waals surface area contributed by atoms with Crippen LogP contribution >= 0.6 is 11.6 Å². The van der Waals surface area contributed by atoms with Gasteiger partial charge in [0.05, 0.1) is 11.9 Å². The SMILES string of the molecule is CCc1c(F)ccc2cc(OCOC)cc(-c3ncc4c(-c5nnc6n5CCCNC6)nc(Cl)nc4c3F)c12. The molecule has 0 saturated heterocycles. The molecule has 39 heavy (non-hydrogen) atoms. The van der Waals surface area contributed by atoms with Gasteiger partial charge in [-0.1, -0.05) is 13.0 Å². The van der Waals surface area contributed by atoms with Gasteiger partial charge < -0.3 is 19.4 Å². The first-order chi connectivity index (χ1) is 19.0. The first kappa shape index (κ1) is 25.5. The Morgan fingerprint density at radius 3 is 2.82 bits per heavy atom. The zero-order valence-corrected chi connectivity index (χ0v) is 22.0. The number of nitrogens with zero attached hydrogens (tertiary/aromatic N) is 6. The number of methoxy groups -OCH3 is 1. The molecule has 0 saturated carbocycles. The second-order valence-corrected chi connectivity index (χ2v) is 9.48. The fourth-order valence-corrected chi connectivity index (χ4v) is 5.23. The summed E-state index contributed by atoms with van der Waals surface area (Å²) in [7, 11) is 1.50. The molecule has 0 aliphatic carbocycles. The summed E-state index contributed by atoms with van der Waals surface area (Å²) in [6.45, 7) is 3.91. The van der Waals surface area contributed by atoms with Gasteiger partial charge in [-0.15, -0.1) is 10.2 Å². The van der Waals surface area contributed by atoms with Crippen molar-refractivity contribution in [3.63, 3.8) is 0 Å². The molecule has 1 aliphatic rings. The zero-order valence-electron chi connectivity index (χ0n) is 21.3. The molecule has 0 unspecified atom stereocenters. The van der Waals surface area contributed by atoms with Crippen LogP contribution in [0.3, 0.4) is 0 Å². The number of halogens is 3. The maximum Gasteiger partial charge on any atom is 0.223 e.